The van der Waals surface area contributed by atoms with Crippen molar-refractivity contribution in [1.29, 1.82) is 0 Å². The van der Waals surface area contributed by atoms with Gasteiger partial charge in [-0.3, -0.25) is 4.79 Å². The van der Waals surface area contributed by atoms with Crippen molar-refractivity contribution >= 4 is 27.7 Å². The molecular weight excluding hydrogens is 452 g/mol. The van der Waals surface area contributed by atoms with Crippen molar-refractivity contribution in [2.45, 2.75) is 48.8 Å². The summed E-state index contributed by atoms with van der Waals surface area (Å²) in [7, 11) is -3.55. The van der Waals surface area contributed by atoms with Gasteiger partial charge in [-0.15, -0.1) is 10.2 Å². The number of sulfonamides is 1. The van der Waals surface area contributed by atoms with E-state index in [9.17, 15) is 13.2 Å². The van der Waals surface area contributed by atoms with Crippen LogP contribution in [0.3, 0.4) is 0 Å². The molecule has 2 aliphatic heterocycles. The van der Waals surface area contributed by atoms with Crippen molar-refractivity contribution in [3.05, 3.63) is 24.3 Å². The summed E-state index contributed by atoms with van der Waals surface area (Å²) in [6.45, 7) is 4.87. The largest absolute Gasteiger partial charge is 0.411 e. The van der Waals surface area contributed by atoms with E-state index in [0.717, 1.165) is 25.7 Å². The molecule has 0 spiro atoms. The van der Waals surface area contributed by atoms with Crippen LogP contribution < -0.4 is 0 Å². The third-order valence-corrected chi connectivity index (χ3v) is 8.40. The molecule has 1 unspecified atom stereocenters. The standard InChI is InChI=1S/C21H28N4O5S2/c1-2-17-14-24(11-12-29-17)19(26)15-31-21-23-22-20(30-21)16-7-6-8-18(13-16)32(27,28)25-9-4-3-5-10-25/h6-8,13,17H,2-5,9-12,14-15H2,1H3. The van der Waals surface area contributed by atoms with Crippen LogP contribution >= 0.6 is 11.8 Å². The van der Waals surface area contributed by atoms with Gasteiger partial charge in [0.15, 0.2) is 0 Å². The third kappa shape index (κ3) is 5.33. The summed E-state index contributed by atoms with van der Waals surface area (Å²) >= 11 is 1.18. The Morgan fingerprint density at radius 2 is 2.00 bits per heavy atom. The Labute approximate surface area is 192 Å². The zero-order valence-corrected chi connectivity index (χ0v) is 19.7. The number of morpholine rings is 1. The van der Waals surface area contributed by atoms with Crippen LogP contribution in [0.15, 0.2) is 38.8 Å². The number of carbonyl (C=O) groups is 1. The number of benzene rings is 1. The van der Waals surface area contributed by atoms with E-state index in [2.05, 4.69) is 10.2 Å². The normalized spacial score (nSPS) is 20.4. The zero-order valence-electron chi connectivity index (χ0n) is 18.1. The maximum absolute atomic E-state index is 13.0. The van der Waals surface area contributed by atoms with Gasteiger partial charge < -0.3 is 14.1 Å². The lowest BCUT2D eigenvalue weighted by atomic mass is 10.2. The quantitative estimate of drug-likeness (QED) is 0.557. The van der Waals surface area contributed by atoms with E-state index in [1.807, 2.05) is 6.92 Å². The van der Waals surface area contributed by atoms with E-state index in [-0.39, 0.29) is 33.8 Å². The van der Waals surface area contributed by atoms with Crippen molar-refractivity contribution in [3.63, 3.8) is 0 Å². The van der Waals surface area contributed by atoms with E-state index in [1.54, 1.807) is 29.2 Å². The number of piperidine rings is 1. The number of rotatable bonds is 7. The molecule has 32 heavy (non-hydrogen) atoms. The van der Waals surface area contributed by atoms with Gasteiger partial charge >= 0.3 is 0 Å². The van der Waals surface area contributed by atoms with Crippen LogP contribution in [0.2, 0.25) is 0 Å². The molecule has 2 saturated heterocycles. The molecule has 2 aromatic rings. The highest BCUT2D eigenvalue weighted by atomic mass is 32.2. The van der Waals surface area contributed by atoms with Crippen LogP contribution in [0, 0.1) is 0 Å². The summed E-state index contributed by atoms with van der Waals surface area (Å²) in [5, 5.41) is 8.34. The minimum atomic E-state index is -3.55. The molecule has 2 fully saturated rings. The van der Waals surface area contributed by atoms with Gasteiger partial charge in [-0.1, -0.05) is 31.2 Å². The summed E-state index contributed by atoms with van der Waals surface area (Å²) < 4.78 is 38.7. The fourth-order valence-electron chi connectivity index (χ4n) is 3.84. The molecule has 1 atom stereocenters. The molecule has 1 amide bonds. The molecular formula is C21H28N4O5S2. The summed E-state index contributed by atoms with van der Waals surface area (Å²) in [6.07, 6.45) is 3.77. The number of ether oxygens (including phenoxy) is 1. The first kappa shape index (κ1) is 23.2. The Balaban J connectivity index is 1.40. The molecule has 174 valence electrons. The minimum absolute atomic E-state index is 0.00567. The molecule has 11 heteroatoms. The molecule has 1 aromatic carbocycles. The van der Waals surface area contributed by atoms with Crippen LogP contribution in [0.4, 0.5) is 0 Å². The van der Waals surface area contributed by atoms with Crippen LogP contribution in [-0.4, -0.2) is 78.4 Å². The lowest BCUT2D eigenvalue weighted by Crippen LogP contribution is -2.46. The second-order valence-corrected chi connectivity index (χ2v) is 10.8. The molecule has 0 saturated carbocycles. The number of hydrogen-bond donors (Lipinski definition) is 0. The van der Waals surface area contributed by atoms with Crippen LogP contribution in [0.25, 0.3) is 11.5 Å². The Kier molecular flexibility index (Phi) is 7.49. The van der Waals surface area contributed by atoms with E-state index < -0.39 is 10.0 Å². The summed E-state index contributed by atoms with van der Waals surface area (Å²) in [5.41, 5.74) is 0.535. The summed E-state index contributed by atoms with van der Waals surface area (Å²) in [5.74, 6) is 0.431. The van der Waals surface area contributed by atoms with Crippen LogP contribution in [-0.2, 0) is 19.6 Å². The van der Waals surface area contributed by atoms with E-state index in [4.69, 9.17) is 9.15 Å². The molecule has 3 heterocycles. The van der Waals surface area contributed by atoms with Gasteiger partial charge in [-0.05, 0) is 37.5 Å². The van der Waals surface area contributed by atoms with E-state index in [1.165, 1.54) is 16.1 Å². The second-order valence-electron chi connectivity index (χ2n) is 7.90. The minimum Gasteiger partial charge on any atom is -0.411 e. The molecule has 1 aromatic heterocycles. The zero-order chi connectivity index (χ0) is 22.6. The average molecular weight is 481 g/mol. The Hall–Kier alpha value is -1.95. The highest BCUT2D eigenvalue weighted by molar-refractivity contribution is 7.99. The van der Waals surface area contributed by atoms with Crippen molar-refractivity contribution in [3.8, 4) is 11.5 Å². The Bertz CT molecular complexity index is 1040. The van der Waals surface area contributed by atoms with Crippen molar-refractivity contribution in [1.82, 2.24) is 19.4 Å². The number of hydrogen-bond acceptors (Lipinski definition) is 8. The van der Waals surface area contributed by atoms with E-state index in [0.29, 0.717) is 38.3 Å². The molecule has 9 nitrogen and oxygen atoms in total. The van der Waals surface area contributed by atoms with Gasteiger partial charge in [-0.2, -0.15) is 4.31 Å². The average Bonchev–Trinajstić information content (AvgIpc) is 3.32. The number of aromatic nitrogens is 2. The summed E-state index contributed by atoms with van der Waals surface area (Å²) in [4.78, 5) is 14.5. The molecule has 0 N–H and O–H groups in total. The van der Waals surface area contributed by atoms with Gasteiger partial charge in [0.1, 0.15) is 0 Å². The Morgan fingerprint density at radius 1 is 1.19 bits per heavy atom. The lowest BCUT2D eigenvalue weighted by Gasteiger charge is -2.32. The summed E-state index contributed by atoms with van der Waals surface area (Å²) in [6, 6.07) is 6.57. The Morgan fingerprint density at radius 3 is 2.78 bits per heavy atom. The fourth-order valence-corrected chi connectivity index (χ4v) is 6.07. The second kappa shape index (κ2) is 10.3. The van der Waals surface area contributed by atoms with Gasteiger partial charge in [0.2, 0.25) is 21.8 Å². The molecule has 0 bridgehead atoms. The van der Waals surface area contributed by atoms with E-state index >= 15 is 0 Å². The fraction of sp³-hybridized carbons (Fsp3) is 0.571. The predicted octanol–water partition coefficient (Wildman–Crippen LogP) is 2.64. The van der Waals surface area contributed by atoms with Gasteiger partial charge in [0.25, 0.3) is 5.22 Å². The van der Waals surface area contributed by atoms with Gasteiger partial charge in [-0.25, -0.2) is 8.42 Å². The van der Waals surface area contributed by atoms with Crippen molar-refractivity contribution in [2.75, 3.05) is 38.5 Å². The van der Waals surface area contributed by atoms with Crippen LogP contribution in [0.5, 0.6) is 0 Å². The third-order valence-electron chi connectivity index (χ3n) is 5.71. The first-order chi connectivity index (χ1) is 15.5. The monoisotopic (exact) mass is 480 g/mol. The highest BCUT2D eigenvalue weighted by Gasteiger charge is 2.27. The first-order valence-corrected chi connectivity index (χ1v) is 13.4. The lowest BCUT2D eigenvalue weighted by molar-refractivity contribution is -0.135. The number of thioether (sulfide) groups is 1. The molecule has 0 aliphatic carbocycles. The molecule has 4 rings (SSSR count). The number of carbonyl (C=O) groups excluding carboxylic acids is 1. The molecule has 0 radical (unpaired) electrons. The van der Waals surface area contributed by atoms with Crippen molar-refractivity contribution < 1.29 is 22.4 Å². The molecule has 2 aliphatic rings. The maximum Gasteiger partial charge on any atom is 0.277 e. The first-order valence-electron chi connectivity index (χ1n) is 10.9. The van der Waals surface area contributed by atoms with Crippen molar-refractivity contribution in [2.24, 2.45) is 0 Å². The number of amides is 1. The topological polar surface area (TPSA) is 106 Å². The predicted molar refractivity (Wildman–Crippen MR) is 120 cm³/mol. The maximum atomic E-state index is 13.0. The van der Waals surface area contributed by atoms with Crippen LogP contribution in [0.1, 0.15) is 32.6 Å². The van der Waals surface area contributed by atoms with Gasteiger partial charge in [0, 0.05) is 31.7 Å². The number of nitrogens with zero attached hydrogens (tertiary/aromatic N) is 4. The SMILES string of the molecule is CCC1CN(C(=O)CSc2nnc(-c3cccc(S(=O)(=O)N4CCCCC4)c3)o2)CCO1. The highest BCUT2D eigenvalue weighted by Crippen LogP contribution is 2.27. The smallest absolute Gasteiger partial charge is 0.277 e. The van der Waals surface area contributed by atoms with Gasteiger partial charge in [0.05, 0.1) is 23.4 Å².